The lowest BCUT2D eigenvalue weighted by Crippen LogP contribution is -2.24. The predicted molar refractivity (Wildman–Crippen MR) is 106 cm³/mol. The van der Waals surface area contributed by atoms with Crippen LogP contribution in [0.2, 0.25) is 0 Å². The molecule has 0 radical (unpaired) electrons. The Balaban J connectivity index is 1.69. The van der Waals surface area contributed by atoms with Crippen LogP contribution < -0.4 is 15.1 Å². The van der Waals surface area contributed by atoms with Gasteiger partial charge >= 0.3 is 5.97 Å². The van der Waals surface area contributed by atoms with E-state index in [0.29, 0.717) is 18.6 Å². The van der Waals surface area contributed by atoms with E-state index >= 15 is 4.39 Å². The number of H-pyrrole nitrogens is 1. The molecule has 10 heteroatoms. The number of aromatic amines is 1. The van der Waals surface area contributed by atoms with Gasteiger partial charge in [-0.3, -0.25) is 4.79 Å². The van der Waals surface area contributed by atoms with E-state index in [1.807, 2.05) is 4.90 Å². The number of pyridine rings is 1. The summed E-state index contributed by atoms with van der Waals surface area (Å²) >= 11 is 0. The Hall–Kier alpha value is -3.43. The van der Waals surface area contributed by atoms with Crippen LogP contribution in [0.25, 0.3) is 10.9 Å². The first kappa shape index (κ1) is 18.6. The number of benzene rings is 1. The van der Waals surface area contributed by atoms with E-state index in [0.717, 1.165) is 31.0 Å². The zero-order valence-corrected chi connectivity index (χ0v) is 16.3. The number of carbonyl (C=O) groups is 1. The Kier molecular flexibility index (Phi) is 4.23. The number of fused-ring (bicyclic) bond motifs is 1. The maximum atomic E-state index is 15.3. The van der Waals surface area contributed by atoms with E-state index in [1.165, 1.54) is 13.3 Å². The lowest BCUT2D eigenvalue weighted by molar-refractivity contribution is 0.0695. The Labute approximate surface area is 170 Å². The number of nitrogens with one attached hydrogen (secondary N) is 1. The molecule has 0 spiro atoms. The largest absolute Gasteiger partial charge is 0.492 e. The Morgan fingerprint density at radius 2 is 2.17 bits per heavy atom. The smallest absolute Gasteiger partial charge is 0.341 e. The number of rotatable bonds is 5. The van der Waals surface area contributed by atoms with Crippen LogP contribution in [0, 0.1) is 5.82 Å². The van der Waals surface area contributed by atoms with Gasteiger partial charge in [0.05, 0.1) is 29.9 Å². The summed E-state index contributed by atoms with van der Waals surface area (Å²) in [6, 6.07) is 1.21. The molecule has 1 aliphatic heterocycles. The first-order valence-corrected chi connectivity index (χ1v) is 9.78. The third-order valence-electron chi connectivity index (χ3n) is 5.93. The van der Waals surface area contributed by atoms with Gasteiger partial charge in [-0.15, -0.1) is 0 Å². The third-order valence-corrected chi connectivity index (χ3v) is 5.93. The molecule has 1 aliphatic carbocycles. The topological polar surface area (TPSA) is 113 Å². The molecule has 2 aromatic heterocycles. The van der Waals surface area contributed by atoms with Crippen LogP contribution in [0.4, 0.5) is 10.1 Å². The average molecular weight is 413 g/mol. The minimum atomic E-state index is -1.32. The van der Waals surface area contributed by atoms with E-state index in [4.69, 9.17) is 4.74 Å². The maximum absolute atomic E-state index is 15.3. The van der Waals surface area contributed by atoms with Crippen molar-refractivity contribution in [3.05, 3.63) is 45.8 Å². The summed E-state index contributed by atoms with van der Waals surface area (Å²) in [4.78, 5) is 26.2. The SMILES string of the molecule is COc1c(N2CC[C@H](c3cn[nH]n3)C2)c(F)cc2c(=O)c(C(=O)O)cn(C3CC3)c12. The highest BCUT2D eigenvalue weighted by molar-refractivity contribution is 5.97. The van der Waals surface area contributed by atoms with Crippen molar-refractivity contribution in [1.82, 2.24) is 20.0 Å². The summed E-state index contributed by atoms with van der Waals surface area (Å²) in [6.07, 6.45) is 5.54. The molecule has 9 nitrogen and oxygen atoms in total. The van der Waals surface area contributed by atoms with Gasteiger partial charge in [0.1, 0.15) is 11.3 Å². The number of methoxy groups -OCH3 is 1. The average Bonchev–Trinajstić information content (AvgIpc) is 3.21. The number of aromatic carboxylic acids is 1. The van der Waals surface area contributed by atoms with Crippen molar-refractivity contribution in [2.45, 2.75) is 31.2 Å². The summed E-state index contributed by atoms with van der Waals surface area (Å²) in [5.41, 5.74) is 0.471. The minimum absolute atomic E-state index is 0.0205. The number of halogens is 1. The van der Waals surface area contributed by atoms with Crippen LogP contribution in [0.3, 0.4) is 0 Å². The minimum Gasteiger partial charge on any atom is -0.492 e. The lowest BCUT2D eigenvalue weighted by Gasteiger charge is -2.24. The van der Waals surface area contributed by atoms with Gasteiger partial charge in [-0.25, -0.2) is 9.18 Å². The first-order valence-electron chi connectivity index (χ1n) is 9.78. The van der Waals surface area contributed by atoms with Gasteiger partial charge in [-0.2, -0.15) is 15.4 Å². The van der Waals surface area contributed by atoms with Crippen molar-refractivity contribution in [2.24, 2.45) is 0 Å². The summed E-state index contributed by atoms with van der Waals surface area (Å²) < 4.78 is 22.7. The van der Waals surface area contributed by atoms with Crippen molar-refractivity contribution in [2.75, 3.05) is 25.1 Å². The fourth-order valence-corrected chi connectivity index (χ4v) is 4.34. The van der Waals surface area contributed by atoms with Gasteiger partial charge in [0.2, 0.25) is 5.43 Å². The summed E-state index contributed by atoms with van der Waals surface area (Å²) in [5, 5.41) is 20.0. The summed E-state index contributed by atoms with van der Waals surface area (Å²) in [5.74, 6) is -1.58. The van der Waals surface area contributed by atoms with E-state index in [-0.39, 0.29) is 34.3 Å². The summed E-state index contributed by atoms with van der Waals surface area (Å²) in [7, 11) is 1.44. The molecular formula is C20H20FN5O4. The molecule has 0 bridgehead atoms. The molecule has 2 aliphatic rings. The molecule has 2 fully saturated rings. The van der Waals surface area contributed by atoms with Crippen LogP contribution in [-0.4, -0.2) is 51.3 Å². The number of aromatic nitrogens is 4. The van der Waals surface area contributed by atoms with E-state index in [9.17, 15) is 14.7 Å². The fraction of sp³-hybridized carbons (Fsp3) is 0.400. The van der Waals surface area contributed by atoms with Crippen LogP contribution in [0.15, 0.2) is 23.3 Å². The van der Waals surface area contributed by atoms with Gasteiger partial charge in [0.25, 0.3) is 0 Å². The molecule has 1 atom stereocenters. The number of carboxylic acid groups (broad SMARTS) is 1. The summed E-state index contributed by atoms with van der Waals surface area (Å²) in [6.45, 7) is 1.13. The molecule has 1 saturated heterocycles. The van der Waals surface area contributed by atoms with E-state index < -0.39 is 17.2 Å². The molecule has 0 unspecified atom stereocenters. The zero-order valence-electron chi connectivity index (χ0n) is 16.3. The highest BCUT2D eigenvalue weighted by atomic mass is 19.1. The number of hydrogen-bond donors (Lipinski definition) is 2. The Morgan fingerprint density at radius 1 is 1.37 bits per heavy atom. The van der Waals surface area contributed by atoms with E-state index in [1.54, 1.807) is 10.8 Å². The molecular weight excluding hydrogens is 393 g/mol. The van der Waals surface area contributed by atoms with Crippen molar-refractivity contribution < 1.29 is 19.0 Å². The molecule has 1 aromatic carbocycles. The zero-order chi connectivity index (χ0) is 21.0. The van der Waals surface area contributed by atoms with Gasteiger partial charge in [0.15, 0.2) is 11.6 Å². The molecule has 2 N–H and O–H groups in total. The highest BCUT2D eigenvalue weighted by Crippen LogP contribution is 2.45. The quantitative estimate of drug-likeness (QED) is 0.660. The van der Waals surface area contributed by atoms with Crippen molar-refractivity contribution >= 4 is 22.6 Å². The fourth-order valence-electron chi connectivity index (χ4n) is 4.34. The predicted octanol–water partition coefficient (Wildman–Crippen LogP) is 2.29. The highest BCUT2D eigenvalue weighted by Gasteiger charge is 2.34. The number of anilines is 1. The molecule has 3 aromatic rings. The third kappa shape index (κ3) is 2.82. The monoisotopic (exact) mass is 413 g/mol. The second-order valence-corrected chi connectivity index (χ2v) is 7.78. The van der Waals surface area contributed by atoms with Crippen molar-refractivity contribution in [1.29, 1.82) is 0 Å². The number of ether oxygens (including phenoxy) is 1. The van der Waals surface area contributed by atoms with Crippen LogP contribution in [0.5, 0.6) is 5.75 Å². The standard InChI is InChI=1S/C20H20FN5O4/c1-30-19-16-12(18(27)13(20(28)29)9-26(16)11-2-3-11)6-14(21)17(19)25-5-4-10(8-25)15-7-22-24-23-15/h6-7,9-11H,2-5,8H2,1H3,(H,28,29)(H,22,23,24)/t10-/m0/s1. The first-order chi connectivity index (χ1) is 14.5. The molecule has 1 saturated carbocycles. The second-order valence-electron chi connectivity index (χ2n) is 7.78. The lowest BCUT2D eigenvalue weighted by atomic mass is 10.1. The normalized spacial score (nSPS) is 18.9. The number of nitrogens with zero attached hydrogens (tertiary/aromatic N) is 4. The molecule has 3 heterocycles. The number of carboxylic acids is 1. The van der Waals surface area contributed by atoms with E-state index in [2.05, 4.69) is 15.4 Å². The molecule has 0 amide bonds. The molecule has 156 valence electrons. The Bertz CT molecular complexity index is 1200. The molecule has 5 rings (SSSR count). The second kappa shape index (κ2) is 6.82. The Morgan fingerprint density at radius 3 is 2.80 bits per heavy atom. The number of hydrogen-bond acceptors (Lipinski definition) is 6. The van der Waals surface area contributed by atoms with Crippen LogP contribution in [0.1, 0.15) is 47.3 Å². The van der Waals surface area contributed by atoms with Crippen molar-refractivity contribution in [3.8, 4) is 5.75 Å². The van der Waals surface area contributed by atoms with Gasteiger partial charge in [0, 0.05) is 31.2 Å². The van der Waals surface area contributed by atoms with Crippen LogP contribution >= 0.6 is 0 Å². The molecule has 30 heavy (non-hydrogen) atoms. The maximum Gasteiger partial charge on any atom is 0.341 e. The van der Waals surface area contributed by atoms with Gasteiger partial charge in [-0.05, 0) is 25.3 Å². The van der Waals surface area contributed by atoms with Gasteiger partial charge in [-0.1, -0.05) is 0 Å². The van der Waals surface area contributed by atoms with Gasteiger partial charge < -0.3 is 19.3 Å². The van der Waals surface area contributed by atoms with Crippen molar-refractivity contribution in [3.63, 3.8) is 0 Å². The van der Waals surface area contributed by atoms with Crippen LogP contribution in [-0.2, 0) is 0 Å².